The molecule has 0 aliphatic heterocycles. The van der Waals surface area contributed by atoms with Gasteiger partial charge in [-0.05, 0) is 61.9 Å². The smallest absolute Gasteiger partial charge is 0.252 e. The molecule has 0 radical (unpaired) electrons. The van der Waals surface area contributed by atoms with E-state index in [0.717, 1.165) is 22.6 Å². The van der Waals surface area contributed by atoms with Crippen molar-refractivity contribution < 1.29 is 14.3 Å². The zero-order valence-corrected chi connectivity index (χ0v) is 20.2. The molecule has 8 heteroatoms. The Bertz CT molecular complexity index is 1320. The second-order valence-electron chi connectivity index (χ2n) is 7.95. The van der Waals surface area contributed by atoms with Gasteiger partial charge in [0.25, 0.3) is 5.91 Å². The average Bonchev–Trinajstić information content (AvgIpc) is 3.20. The van der Waals surface area contributed by atoms with E-state index in [2.05, 4.69) is 10.6 Å². The molecule has 0 fully saturated rings. The van der Waals surface area contributed by atoms with Crippen LogP contribution in [0.1, 0.15) is 29.5 Å². The standard InChI is InChI=1S/C27H27ClN4O3/c1-2-35-20-15-13-19(14-16-20)30-26(33)18-32-24-11-6-5-10-23(24)31-25(32)12-7-17-29-27(34)21-8-3-4-9-22(21)28/h3-6,8-11,13-16H,2,7,12,17-18H2,1H3,(H,29,34)(H,30,33). The van der Waals surface area contributed by atoms with E-state index in [1.165, 1.54) is 0 Å². The molecule has 180 valence electrons. The van der Waals surface area contributed by atoms with E-state index < -0.39 is 0 Å². The zero-order valence-electron chi connectivity index (χ0n) is 19.5. The summed E-state index contributed by atoms with van der Waals surface area (Å²) in [5.74, 6) is 1.19. The van der Waals surface area contributed by atoms with Crippen molar-refractivity contribution in [2.45, 2.75) is 26.3 Å². The summed E-state index contributed by atoms with van der Waals surface area (Å²) in [7, 11) is 0. The first kappa shape index (κ1) is 24.3. The fourth-order valence-corrected chi connectivity index (χ4v) is 4.05. The van der Waals surface area contributed by atoms with E-state index >= 15 is 0 Å². The summed E-state index contributed by atoms with van der Waals surface area (Å²) in [4.78, 5) is 29.9. The van der Waals surface area contributed by atoms with E-state index in [0.29, 0.717) is 42.3 Å². The summed E-state index contributed by atoms with van der Waals surface area (Å²) in [6, 6.07) is 22.0. The van der Waals surface area contributed by atoms with E-state index in [1.54, 1.807) is 24.3 Å². The van der Waals surface area contributed by atoms with Gasteiger partial charge >= 0.3 is 0 Å². The number of benzene rings is 3. The minimum absolute atomic E-state index is 0.134. The van der Waals surface area contributed by atoms with Crippen LogP contribution in [0.5, 0.6) is 5.75 Å². The van der Waals surface area contributed by atoms with Crippen molar-refractivity contribution in [2.75, 3.05) is 18.5 Å². The van der Waals surface area contributed by atoms with Crippen molar-refractivity contribution in [1.82, 2.24) is 14.9 Å². The van der Waals surface area contributed by atoms with Gasteiger partial charge in [-0.25, -0.2) is 4.98 Å². The molecule has 0 saturated carbocycles. The lowest BCUT2D eigenvalue weighted by molar-refractivity contribution is -0.116. The maximum absolute atomic E-state index is 12.8. The highest BCUT2D eigenvalue weighted by Crippen LogP contribution is 2.19. The molecule has 3 aromatic carbocycles. The maximum atomic E-state index is 12.8. The number of carbonyl (C=O) groups is 2. The summed E-state index contributed by atoms with van der Waals surface area (Å²) >= 11 is 6.10. The van der Waals surface area contributed by atoms with Gasteiger partial charge in [-0.1, -0.05) is 35.9 Å². The number of para-hydroxylation sites is 2. The number of aromatic nitrogens is 2. The number of halogens is 1. The second kappa shape index (κ2) is 11.5. The Balaban J connectivity index is 1.39. The van der Waals surface area contributed by atoms with E-state index in [1.807, 2.05) is 60.0 Å². The molecule has 4 rings (SSSR count). The highest BCUT2D eigenvalue weighted by Gasteiger charge is 2.14. The monoisotopic (exact) mass is 490 g/mol. The Kier molecular flexibility index (Phi) is 8.00. The third kappa shape index (κ3) is 6.19. The van der Waals surface area contributed by atoms with Crippen LogP contribution in [-0.2, 0) is 17.8 Å². The molecule has 0 aliphatic rings. The Labute approximate surface area is 209 Å². The van der Waals surface area contributed by atoms with E-state index in [-0.39, 0.29) is 18.4 Å². The zero-order chi connectivity index (χ0) is 24.6. The Morgan fingerprint density at radius 1 is 1.00 bits per heavy atom. The number of rotatable bonds is 10. The number of nitrogens with zero attached hydrogens (tertiary/aromatic N) is 2. The molecule has 7 nitrogen and oxygen atoms in total. The molecule has 0 aliphatic carbocycles. The van der Waals surface area contributed by atoms with Crippen molar-refractivity contribution in [3.63, 3.8) is 0 Å². The lowest BCUT2D eigenvalue weighted by Crippen LogP contribution is -2.25. The van der Waals surface area contributed by atoms with Gasteiger partial charge in [-0.2, -0.15) is 0 Å². The van der Waals surface area contributed by atoms with Gasteiger partial charge in [0.2, 0.25) is 5.91 Å². The van der Waals surface area contributed by atoms with Crippen LogP contribution in [-0.4, -0.2) is 34.5 Å². The van der Waals surface area contributed by atoms with Crippen LogP contribution in [0, 0.1) is 0 Å². The minimum Gasteiger partial charge on any atom is -0.494 e. The number of aryl methyl sites for hydroxylation is 1. The van der Waals surface area contributed by atoms with Gasteiger partial charge in [-0.15, -0.1) is 0 Å². The Hall–Kier alpha value is -3.84. The number of hydrogen-bond acceptors (Lipinski definition) is 4. The van der Waals surface area contributed by atoms with Crippen molar-refractivity contribution in [3.05, 3.63) is 89.2 Å². The van der Waals surface area contributed by atoms with Gasteiger partial charge in [0.15, 0.2) is 0 Å². The Morgan fingerprint density at radius 2 is 1.74 bits per heavy atom. The third-order valence-electron chi connectivity index (χ3n) is 5.47. The number of ether oxygens (including phenoxy) is 1. The van der Waals surface area contributed by atoms with Crippen LogP contribution in [0.2, 0.25) is 5.02 Å². The molecule has 0 unspecified atom stereocenters. The number of fused-ring (bicyclic) bond motifs is 1. The van der Waals surface area contributed by atoms with Gasteiger partial charge < -0.3 is 19.9 Å². The molecular formula is C27H27ClN4O3. The van der Waals surface area contributed by atoms with Crippen LogP contribution < -0.4 is 15.4 Å². The molecule has 2 amide bonds. The van der Waals surface area contributed by atoms with Gasteiger partial charge in [0.1, 0.15) is 18.1 Å². The predicted molar refractivity (Wildman–Crippen MR) is 138 cm³/mol. The van der Waals surface area contributed by atoms with Crippen molar-refractivity contribution in [2.24, 2.45) is 0 Å². The summed E-state index contributed by atoms with van der Waals surface area (Å²) in [5, 5.41) is 6.26. The molecule has 0 atom stereocenters. The number of amides is 2. The number of anilines is 1. The highest BCUT2D eigenvalue weighted by atomic mass is 35.5. The van der Waals surface area contributed by atoms with Crippen molar-refractivity contribution >= 4 is 40.1 Å². The third-order valence-corrected chi connectivity index (χ3v) is 5.80. The number of imidazole rings is 1. The number of carbonyl (C=O) groups excluding carboxylic acids is 2. The SMILES string of the molecule is CCOc1ccc(NC(=O)Cn2c(CCCNC(=O)c3ccccc3Cl)nc3ccccc32)cc1. The summed E-state index contributed by atoms with van der Waals surface area (Å²) in [6.45, 7) is 3.11. The average molecular weight is 491 g/mol. The van der Waals surface area contributed by atoms with Crippen molar-refractivity contribution in [1.29, 1.82) is 0 Å². The molecule has 4 aromatic rings. The first-order chi connectivity index (χ1) is 17.0. The molecule has 0 spiro atoms. The van der Waals surface area contributed by atoms with Gasteiger partial charge in [0, 0.05) is 18.7 Å². The van der Waals surface area contributed by atoms with Gasteiger partial charge in [-0.3, -0.25) is 9.59 Å². The van der Waals surface area contributed by atoms with Crippen LogP contribution in [0.4, 0.5) is 5.69 Å². The molecule has 1 heterocycles. The normalized spacial score (nSPS) is 10.8. The first-order valence-electron chi connectivity index (χ1n) is 11.5. The lowest BCUT2D eigenvalue weighted by Gasteiger charge is -2.11. The predicted octanol–water partition coefficient (Wildman–Crippen LogP) is 5.09. The summed E-state index contributed by atoms with van der Waals surface area (Å²) in [5.41, 5.74) is 2.87. The minimum atomic E-state index is -0.209. The first-order valence-corrected chi connectivity index (χ1v) is 11.9. The number of nitrogens with one attached hydrogen (secondary N) is 2. The van der Waals surface area contributed by atoms with Crippen LogP contribution >= 0.6 is 11.6 Å². The molecule has 0 saturated heterocycles. The highest BCUT2D eigenvalue weighted by molar-refractivity contribution is 6.33. The van der Waals surface area contributed by atoms with Crippen LogP contribution in [0.3, 0.4) is 0 Å². The second-order valence-corrected chi connectivity index (χ2v) is 8.35. The molecule has 0 bridgehead atoms. The van der Waals surface area contributed by atoms with E-state index in [4.69, 9.17) is 21.3 Å². The Morgan fingerprint density at radius 3 is 2.51 bits per heavy atom. The van der Waals surface area contributed by atoms with Gasteiger partial charge in [0.05, 0.1) is 28.2 Å². The molecule has 1 aromatic heterocycles. The fourth-order valence-electron chi connectivity index (χ4n) is 3.83. The number of hydrogen-bond donors (Lipinski definition) is 2. The molecule has 35 heavy (non-hydrogen) atoms. The molecule has 2 N–H and O–H groups in total. The summed E-state index contributed by atoms with van der Waals surface area (Å²) < 4.78 is 7.38. The largest absolute Gasteiger partial charge is 0.494 e. The van der Waals surface area contributed by atoms with E-state index in [9.17, 15) is 9.59 Å². The quantitative estimate of drug-likeness (QED) is 0.303. The molecular weight excluding hydrogens is 464 g/mol. The van der Waals surface area contributed by atoms with Crippen LogP contribution in [0.25, 0.3) is 11.0 Å². The van der Waals surface area contributed by atoms with Crippen LogP contribution in [0.15, 0.2) is 72.8 Å². The topological polar surface area (TPSA) is 85.2 Å². The van der Waals surface area contributed by atoms with Crippen molar-refractivity contribution in [3.8, 4) is 5.75 Å². The maximum Gasteiger partial charge on any atom is 0.252 e. The fraction of sp³-hybridized carbons (Fsp3) is 0.222. The summed E-state index contributed by atoms with van der Waals surface area (Å²) in [6.07, 6.45) is 1.27. The lowest BCUT2D eigenvalue weighted by atomic mass is 10.2.